The lowest BCUT2D eigenvalue weighted by molar-refractivity contribution is -0.124. The molecule has 2 heterocycles. The Bertz CT molecular complexity index is 1040. The first-order chi connectivity index (χ1) is 15.7. The van der Waals surface area contributed by atoms with E-state index >= 15 is 0 Å². The van der Waals surface area contributed by atoms with Gasteiger partial charge in [-0.2, -0.15) is 0 Å². The zero-order chi connectivity index (χ0) is 22.0. The van der Waals surface area contributed by atoms with Crippen molar-refractivity contribution < 1.29 is 9.53 Å². The number of benzene rings is 2. The van der Waals surface area contributed by atoms with Crippen LogP contribution in [-0.4, -0.2) is 12.5 Å². The molecule has 5 heteroatoms. The lowest BCUT2D eigenvalue weighted by atomic mass is 9.67. The van der Waals surface area contributed by atoms with E-state index in [-0.39, 0.29) is 34.7 Å². The third-order valence-electron chi connectivity index (χ3n) is 7.43. The second-order valence-electron chi connectivity index (χ2n) is 9.01. The molecule has 33 heavy (non-hydrogen) atoms. The van der Waals surface area contributed by atoms with Gasteiger partial charge in [-0.15, -0.1) is 17.0 Å². The minimum atomic E-state index is -0.417. The van der Waals surface area contributed by atoms with Crippen molar-refractivity contribution in [2.45, 2.75) is 37.6 Å². The summed E-state index contributed by atoms with van der Waals surface area (Å²) in [5.74, 6) is -0.316. The molecule has 172 valence electrons. The van der Waals surface area contributed by atoms with Gasteiger partial charge < -0.3 is 15.8 Å². The molecule has 1 fully saturated rings. The van der Waals surface area contributed by atoms with E-state index in [4.69, 9.17) is 10.5 Å². The third-order valence-corrected chi connectivity index (χ3v) is 7.43. The van der Waals surface area contributed by atoms with Gasteiger partial charge in [-0.25, -0.2) is 0 Å². The maximum Gasteiger partial charge on any atom is 0.220 e. The van der Waals surface area contributed by atoms with Gasteiger partial charge in [0.25, 0.3) is 0 Å². The topological polar surface area (TPSA) is 64.4 Å². The Balaban J connectivity index is 0.00000259. The summed E-state index contributed by atoms with van der Waals surface area (Å²) < 4.78 is 5.34. The molecule has 2 aromatic rings. The molecule has 2 aliphatic heterocycles. The van der Waals surface area contributed by atoms with Gasteiger partial charge in [-0.05, 0) is 72.9 Å². The first kappa shape index (κ1) is 23.5. The Morgan fingerprint density at radius 1 is 1.06 bits per heavy atom. The normalized spacial score (nSPS) is 21.6. The lowest BCUT2D eigenvalue weighted by Crippen LogP contribution is -2.48. The van der Waals surface area contributed by atoms with E-state index in [1.807, 2.05) is 18.4 Å². The smallest absolute Gasteiger partial charge is 0.220 e. The molecule has 1 aliphatic carbocycles. The van der Waals surface area contributed by atoms with E-state index < -0.39 is 5.54 Å². The van der Waals surface area contributed by atoms with Crippen LogP contribution in [0.3, 0.4) is 0 Å². The minimum Gasteiger partial charge on any atom is -0.472 e. The number of fused-ring (bicyclic) bond motifs is 1. The Morgan fingerprint density at radius 3 is 2.36 bits per heavy atom. The molecule has 3 N–H and O–H groups in total. The van der Waals surface area contributed by atoms with Crippen LogP contribution in [0, 0.1) is 11.8 Å². The third kappa shape index (κ3) is 4.32. The molecule has 2 atom stereocenters. The van der Waals surface area contributed by atoms with Crippen molar-refractivity contribution >= 4 is 22.9 Å². The van der Waals surface area contributed by atoms with Crippen molar-refractivity contribution in [1.82, 2.24) is 5.32 Å². The monoisotopic (exact) mass is 506 g/mol. The number of primary amides is 1. The zero-order valence-electron chi connectivity index (χ0n) is 18.7. The molecule has 1 saturated heterocycles. The van der Waals surface area contributed by atoms with Crippen LogP contribution >= 0.6 is 17.0 Å². The highest BCUT2D eigenvalue weighted by atomic mass is 79.9. The minimum absolute atomic E-state index is 0. The van der Waals surface area contributed by atoms with Gasteiger partial charge in [0, 0.05) is 5.92 Å². The SMILES string of the molecule is Br.NC(=O)C(CCC1=C2C=COC=C2CC1)C1CCNC1(c1ccccc1)c1ccccc1. The van der Waals surface area contributed by atoms with Crippen LogP contribution in [0.15, 0.2) is 96.0 Å². The fourth-order valence-electron chi connectivity index (χ4n) is 5.97. The number of rotatable bonds is 7. The Labute approximate surface area is 206 Å². The van der Waals surface area contributed by atoms with Crippen LogP contribution in [0.2, 0.25) is 0 Å². The van der Waals surface area contributed by atoms with E-state index in [9.17, 15) is 4.79 Å². The largest absolute Gasteiger partial charge is 0.472 e. The van der Waals surface area contributed by atoms with E-state index in [1.165, 1.54) is 27.8 Å². The molecule has 2 aromatic carbocycles. The molecule has 5 rings (SSSR count). The number of carbonyl (C=O) groups excluding carboxylic acids is 1. The molecular weight excluding hydrogens is 476 g/mol. The molecule has 0 bridgehead atoms. The Hall–Kier alpha value is -2.63. The number of ether oxygens (including phenoxy) is 1. The highest BCUT2D eigenvalue weighted by Crippen LogP contribution is 2.47. The van der Waals surface area contributed by atoms with Gasteiger partial charge >= 0.3 is 0 Å². The number of allylic oxidation sites excluding steroid dienone is 4. The van der Waals surface area contributed by atoms with Gasteiger partial charge in [0.1, 0.15) is 0 Å². The van der Waals surface area contributed by atoms with Crippen LogP contribution in [0.4, 0.5) is 0 Å². The summed E-state index contributed by atoms with van der Waals surface area (Å²) in [6, 6.07) is 21.1. The summed E-state index contributed by atoms with van der Waals surface area (Å²) in [5.41, 5.74) is 12.0. The van der Waals surface area contributed by atoms with Gasteiger partial charge in [-0.3, -0.25) is 4.79 Å². The van der Waals surface area contributed by atoms with Gasteiger partial charge in [0.15, 0.2) is 0 Å². The number of nitrogens with one attached hydrogen (secondary N) is 1. The van der Waals surface area contributed by atoms with Crippen LogP contribution in [0.1, 0.15) is 43.2 Å². The van der Waals surface area contributed by atoms with Crippen molar-refractivity contribution in [3.63, 3.8) is 0 Å². The van der Waals surface area contributed by atoms with E-state index in [0.29, 0.717) is 0 Å². The predicted molar refractivity (Wildman–Crippen MR) is 137 cm³/mol. The molecule has 1 amide bonds. The second-order valence-corrected chi connectivity index (χ2v) is 9.01. The van der Waals surface area contributed by atoms with E-state index in [2.05, 4.69) is 59.9 Å². The van der Waals surface area contributed by atoms with Crippen LogP contribution < -0.4 is 11.1 Å². The highest BCUT2D eigenvalue weighted by molar-refractivity contribution is 8.93. The molecule has 0 radical (unpaired) electrons. The van der Waals surface area contributed by atoms with E-state index in [0.717, 1.165) is 38.6 Å². The average molecular weight is 507 g/mol. The molecule has 0 saturated carbocycles. The summed E-state index contributed by atoms with van der Waals surface area (Å²) in [6.07, 6.45) is 10.3. The summed E-state index contributed by atoms with van der Waals surface area (Å²) in [4.78, 5) is 12.9. The molecule has 2 unspecified atom stereocenters. The quantitative estimate of drug-likeness (QED) is 0.519. The molecule has 4 nitrogen and oxygen atoms in total. The number of carbonyl (C=O) groups is 1. The van der Waals surface area contributed by atoms with Crippen LogP contribution in [0.5, 0.6) is 0 Å². The molecule has 0 aromatic heterocycles. The van der Waals surface area contributed by atoms with Crippen molar-refractivity contribution in [1.29, 1.82) is 0 Å². The fourth-order valence-corrected chi connectivity index (χ4v) is 5.97. The van der Waals surface area contributed by atoms with Crippen LogP contribution in [-0.2, 0) is 15.1 Å². The summed E-state index contributed by atoms with van der Waals surface area (Å²) >= 11 is 0. The second kappa shape index (κ2) is 10.1. The average Bonchev–Trinajstić information content (AvgIpc) is 3.46. The maximum atomic E-state index is 12.9. The van der Waals surface area contributed by atoms with Crippen molar-refractivity contribution in [2.75, 3.05) is 6.54 Å². The van der Waals surface area contributed by atoms with Crippen molar-refractivity contribution in [3.8, 4) is 0 Å². The van der Waals surface area contributed by atoms with Crippen molar-refractivity contribution in [2.24, 2.45) is 17.6 Å². The standard InChI is InChI=1S/C28H30N2O2.BrH/c29-27(31)25(14-13-20-11-12-21-19-32-18-16-24(20)21)26-15-17-30-28(26,22-7-3-1-4-8-22)23-9-5-2-6-10-23;/h1-10,16,18-19,25-26,30H,11-15,17H2,(H2,29,31);1H. The van der Waals surface area contributed by atoms with Gasteiger partial charge in [0.05, 0.1) is 18.1 Å². The highest BCUT2D eigenvalue weighted by Gasteiger charge is 2.50. The lowest BCUT2D eigenvalue weighted by Gasteiger charge is -2.40. The Morgan fingerprint density at radius 2 is 1.73 bits per heavy atom. The van der Waals surface area contributed by atoms with Crippen LogP contribution in [0.25, 0.3) is 0 Å². The van der Waals surface area contributed by atoms with Crippen molar-refractivity contribution in [3.05, 3.63) is 107 Å². The maximum absolute atomic E-state index is 12.9. The molecule has 3 aliphatic rings. The molecular formula is C28H31BrN2O2. The predicted octanol–water partition coefficient (Wildman–Crippen LogP) is 5.52. The number of nitrogens with two attached hydrogens (primary N) is 1. The Kier molecular flexibility index (Phi) is 7.20. The summed E-state index contributed by atoms with van der Waals surface area (Å²) in [6.45, 7) is 0.860. The first-order valence-corrected chi connectivity index (χ1v) is 11.6. The molecule has 0 spiro atoms. The number of hydrogen-bond donors (Lipinski definition) is 2. The summed E-state index contributed by atoms with van der Waals surface area (Å²) in [7, 11) is 0. The number of amides is 1. The summed E-state index contributed by atoms with van der Waals surface area (Å²) in [5, 5.41) is 3.80. The first-order valence-electron chi connectivity index (χ1n) is 11.6. The number of halogens is 1. The number of hydrogen-bond acceptors (Lipinski definition) is 3. The zero-order valence-corrected chi connectivity index (χ0v) is 20.4. The fraction of sp³-hybridized carbons (Fsp3) is 0.321. The van der Waals surface area contributed by atoms with Gasteiger partial charge in [-0.1, -0.05) is 66.2 Å². The van der Waals surface area contributed by atoms with E-state index in [1.54, 1.807) is 6.26 Å². The van der Waals surface area contributed by atoms with Gasteiger partial charge in [0.2, 0.25) is 5.91 Å².